The molecule has 5 N–H and O–H groups in total. The van der Waals surface area contributed by atoms with E-state index in [1.54, 1.807) is 0 Å². The lowest BCUT2D eigenvalue weighted by molar-refractivity contribution is -0.143. The fourth-order valence-electron chi connectivity index (χ4n) is 6.69. The fraction of sp³-hybridized carbons (Fsp3) is 0.543. The van der Waals surface area contributed by atoms with Gasteiger partial charge in [0, 0.05) is 50.4 Å². The Morgan fingerprint density at radius 1 is 0.574 bits per heavy atom. The van der Waals surface area contributed by atoms with Gasteiger partial charge in [-0.2, -0.15) is 0 Å². The zero-order chi connectivity index (χ0) is 43.8. The molecular weight excluding hydrogens is 785 g/mol. The SMILES string of the molecule is C#CCOCCOCCNC(=O)CCC(CCC(=O)NCCOCCOCC#C)(CCC(=O)NCCOCCOCC#C)NC(O)OCC1c2ccccc2-c2ccccc21. The van der Waals surface area contributed by atoms with Gasteiger partial charge in [0.2, 0.25) is 24.1 Å². The number of benzene rings is 2. The molecular formula is C46H62N4O11. The van der Waals surface area contributed by atoms with Crippen LogP contribution in [0.4, 0.5) is 0 Å². The average Bonchev–Trinajstić information content (AvgIpc) is 3.59. The summed E-state index contributed by atoms with van der Waals surface area (Å²) >= 11 is 0. The van der Waals surface area contributed by atoms with Gasteiger partial charge in [0.25, 0.3) is 0 Å². The minimum absolute atomic E-state index is 0.0167. The van der Waals surface area contributed by atoms with Gasteiger partial charge in [-0.3, -0.25) is 19.7 Å². The lowest BCUT2D eigenvalue weighted by Gasteiger charge is -2.37. The van der Waals surface area contributed by atoms with Gasteiger partial charge in [-0.15, -0.1) is 19.3 Å². The number of aliphatic hydroxyl groups excluding tert-OH is 1. The summed E-state index contributed by atoms with van der Waals surface area (Å²) in [4.78, 5) is 39.5. The number of amides is 3. The van der Waals surface area contributed by atoms with Crippen LogP contribution in [0.25, 0.3) is 11.1 Å². The molecule has 1 atom stereocenters. The first-order chi connectivity index (χ1) is 29.8. The van der Waals surface area contributed by atoms with E-state index in [2.05, 4.69) is 63.3 Å². The number of carbonyl (C=O) groups excluding carboxylic acids is 3. The molecule has 0 bridgehead atoms. The smallest absolute Gasteiger partial charge is 0.220 e. The minimum atomic E-state index is -1.51. The van der Waals surface area contributed by atoms with Crippen molar-refractivity contribution < 1.29 is 52.6 Å². The molecule has 0 radical (unpaired) electrons. The molecule has 332 valence electrons. The lowest BCUT2D eigenvalue weighted by atomic mass is 9.83. The normalized spacial score (nSPS) is 12.4. The summed E-state index contributed by atoms with van der Waals surface area (Å²) in [7, 11) is 0. The molecule has 3 rings (SSSR count). The van der Waals surface area contributed by atoms with E-state index in [1.165, 1.54) is 0 Å². The third-order valence-electron chi connectivity index (χ3n) is 9.68. The first-order valence-corrected chi connectivity index (χ1v) is 20.6. The number of rotatable bonds is 35. The highest BCUT2D eigenvalue weighted by molar-refractivity contribution is 5.79. The molecule has 0 saturated heterocycles. The number of nitrogens with one attached hydrogen (secondary N) is 4. The van der Waals surface area contributed by atoms with Crippen molar-refractivity contribution in [2.75, 3.05) is 106 Å². The van der Waals surface area contributed by atoms with E-state index in [0.29, 0.717) is 39.6 Å². The van der Waals surface area contributed by atoms with Crippen LogP contribution >= 0.6 is 0 Å². The van der Waals surface area contributed by atoms with Crippen LogP contribution in [0, 0.1) is 37.0 Å². The van der Waals surface area contributed by atoms with Crippen LogP contribution < -0.4 is 21.3 Å². The number of fused-ring (bicyclic) bond motifs is 3. The van der Waals surface area contributed by atoms with Crippen molar-refractivity contribution in [2.45, 2.75) is 56.4 Å². The van der Waals surface area contributed by atoms with Crippen LogP contribution in [0.1, 0.15) is 55.6 Å². The molecule has 0 saturated carbocycles. The van der Waals surface area contributed by atoms with E-state index in [9.17, 15) is 19.5 Å². The van der Waals surface area contributed by atoms with Crippen LogP contribution in [0.15, 0.2) is 48.5 Å². The zero-order valence-corrected chi connectivity index (χ0v) is 35.1. The van der Waals surface area contributed by atoms with E-state index >= 15 is 0 Å². The van der Waals surface area contributed by atoms with Gasteiger partial charge in [-0.25, -0.2) is 0 Å². The van der Waals surface area contributed by atoms with E-state index in [-0.39, 0.29) is 128 Å². The van der Waals surface area contributed by atoms with Crippen molar-refractivity contribution in [3.63, 3.8) is 0 Å². The maximum Gasteiger partial charge on any atom is 0.220 e. The van der Waals surface area contributed by atoms with Crippen molar-refractivity contribution in [3.8, 4) is 48.2 Å². The van der Waals surface area contributed by atoms with Crippen molar-refractivity contribution >= 4 is 17.7 Å². The van der Waals surface area contributed by atoms with Crippen molar-refractivity contribution in [3.05, 3.63) is 59.7 Å². The second-order valence-electron chi connectivity index (χ2n) is 14.0. The maximum absolute atomic E-state index is 13.2. The predicted molar refractivity (Wildman–Crippen MR) is 230 cm³/mol. The van der Waals surface area contributed by atoms with Crippen LogP contribution in [0.5, 0.6) is 0 Å². The summed E-state index contributed by atoms with van der Waals surface area (Å²) in [6.07, 6.45) is 14.6. The van der Waals surface area contributed by atoms with Crippen LogP contribution in [0.3, 0.4) is 0 Å². The van der Waals surface area contributed by atoms with E-state index < -0.39 is 12.0 Å². The summed E-state index contributed by atoms with van der Waals surface area (Å²) in [5.41, 5.74) is 3.30. The van der Waals surface area contributed by atoms with Gasteiger partial charge in [0.1, 0.15) is 19.8 Å². The molecule has 0 spiro atoms. The highest BCUT2D eigenvalue weighted by Gasteiger charge is 2.35. The Kier molecular flexibility index (Phi) is 25.7. The molecule has 1 aliphatic rings. The van der Waals surface area contributed by atoms with E-state index in [4.69, 9.17) is 52.4 Å². The Bertz CT molecular complexity index is 1560. The molecule has 0 heterocycles. The Morgan fingerprint density at radius 2 is 0.934 bits per heavy atom. The Hall–Kier alpha value is -4.83. The van der Waals surface area contributed by atoms with Gasteiger partial charge in [0.15, 0.2) is 0 Å². The standard InChI is InChI=1S/C46H62N4O11/c1-4-24-55-30-33-58-27-21-47-42(51)15-18-46(19-16-43(52)48-22-28-59-34-31-56-25-5-2,20-17-44(53)49-23-29-60-35-32-57-26-6-3)50-45(54)61-36-41-39-13-9-7-11-37(39)38-12-8-10-14-40(38)41/h1-3,7-14,41,45,50,54H,15-36H2,(H,47,51)(H,48,52)(H,49,53). The highest BCUT2D eigenvalue weighted by atomic mass is 16.6. The van der Waals surface area contributed by atoms with Gasteiger partial charge in [-0.05, 0) is 41.5 Å². The molecule has 3 amide bonds. The molecule has 0 aromatic heterocycles. The quantitative estimate of drug-likeness (QED) is 0.0388. The van der Waals surface area contributed by atoms with Crippen LogP contribution in [0.2, 0.25) is 0 Å². The molecule has 0 fully saturated rings. The topological polar surface area (TPSA) is 184 Å². The Balaban J connectivity index is 1.70. The molecule has 2 aromatic rings. The Morgan fingerprint density at radius 3 is 1.31 bits per heavy atom. The van der Waals surface area contributed by atoms with Crippen molar-refractivity contribution in [1.82, 2.24) is 21.3 Å². The lowest BCUT2D eigenvalue weighted by Crippen LogP contribution is -2.53. The van der Waals surface area contributed by atoms with Crippen molar-refractivity contribution in [1.29, 1.82) is 0 Å². The maximum atomic E-state index is 13.2. The molecule has 1 aliphatic carbocycles. The number of aliphatic hydroxyl groups is 1. The van der Waals surface area contributed by atoms with Gasteiger partial charge in [-0.1, -0.05) is 66.3 Å². The monoisotopic (exact) mass is 846 g/mol. The summed E-state index contributed by atoms with van der Waals surface area (Å²) in [5.74, 6) is 6.21. The zero-order valence-electron chi connectivity index (χ0n) is 35.1. The second kappa shape index (κ2) is 31.1. The number of terminal acetylenes is 3. The molecule has 1 unspecified atom stereocenters. The fourth-order valence-corrected chi connectivity index (χ4v) is 6.69. The first-order valence-electron chi connectivity index (χ1n) is 20.6. The van der Waals surface area contributed by atoms with Crippen molar-refractivity contribution in [2.24, 2.45) is 0 Å². The third kappa shape index (κ3) is 20.5. The number of carbonyl (C=O) groups is 3. The number of ether oxygens (including phenoxy) is 7. The predicted octanol–water partition coefficient (Wildman–Crippen LogP) is 2.11. The molecule has 15 heteroatoms. The molecule has 2 aromatic carbocycles. The number of hydrogen-bond donors (Lipinski definition) is 5. The third-order valence-corrected chi connectivity index (χ3v) is 9.68. The summed E-state index contributed by atoms with van der Waals surface area (Å²) < 4.78 is 38.2. The molecule has 15 nitrogen and oxygen atoms in total. The van der Waals surface area contributed by atoms with Gasteiger partial charge in [0.05, 0.1) is 66.1 Å². The summed E-state index contributed by atoms with van der Waals surface area (Å²) in [5, 5.41) is 23.3. The summed E-state index contributed by atoms with van der Waals surface area (Å²) in [6.45, 7) is 4.26. The molecule has 0 aliphatic heterocycles. The first kappa shape index (κ1) is 50.5. The van der Waals surface area contributed by atoms with Crippen LogP contribution in [-0.4, -0.2) is 140 Å². The van der Waals surface area contributed by atoms with E-state index in [0.717, 1.165) is 22.3 Å². The molecule has 61 heavy (non-hydrogen) atoms. The largest absolute Gasteiger partial charge is 0.377 e. The minimum Gasteiger partial charge on any atom is -0.377 e. The summed E-state index contributed by atoms with van der Waals surface area (Å²) in [6, 6.07) is 16.2. The number of hydrogen-bond acceptors (Lipinski definition) is 12. The van der Waals surface area contributed by atoms with Gasteiger partial charge >= 0.3 is 0 Å². The second-order valence-corrected chi connectivity index (χ2v) is 14.0. The highest BCUT2D eigenvalue weighted by Crippen LogP contribution is 2.44. The average molecular weight is 847 g/mol. The Labute approximate surface area is 360 Å². The van der Waals surface area contributed by atoms with Crippen LogP contribution in [-0.2, 0) is 47.5 Å². The van der Waals surface area contributed by atoms with E-state index in [1.807, 2.05) is 24.3 Å². The van der Waals surface area contributed by atoms with Gasteiger partial charge < -0.3 is 54.2 Å².